The Morgan fingerprint density at radius 1 is 1.53 bits per heavy atom. The molecule has 3 atom stereocenters. The van der Waals surface area contributed by atoms with Crippen LogP contribution in [-0.2, 0) is 9.53 Å². The molecule has 0 N–H and O–H groups in total. The second-order valence-electron chi connectivity index (χ2n) is 3.87. The SMILES string of the molecule is CCOC(=O)C1CSC2C=CC=CCC21. The standard InChI is InChI=1S/C12H16O2S/c1-2-14-12(13)10-8-15-11-7-5-3-4-6-9(10)11/h3-5,7,9-11H,2,6,8H2,1H3. The van der Waals surface area contributed by atoms with Crippen LogP contribution in [0.1, 0.15) is 13.3 Å². The van der Waals surface area contributed by atoms with E-state index in [0.717, 1.165) is 12.2 Å². The summed E-state index contributed by atoms with van der Waals surface area (Å²) in [6, 6.07) is 0. The van der Waals surface area contributed by atoms with Crippen LogP contribution in [-0.4, -0.2) is 23.6 Å². The summed E-state index contributed by atoms with van der Waals surface area (Å²) in [5, 5.41) is 0.495. The molecule has 15 heavy (non-hydrogen) atoms. The summed E-state index contributed by atoms with van der Waals surface area (Å²) in [5.74, 6) is 1.42. The highest BCUT2D eigenvalue weighted by Gasteiger charge is 2.40. The normalized spacial score (nSPS) is 33.5. The molecule has 2 nitrogen and oxygen atoms in total. The first-order valence-electron chi connectivity index (χ1n) is 5.44. The molecule has 1 fully saturated rings. The minimum absolute atomic E-state index is 0.0128. The van der Waals surface area contributed by atoms with Crippen molar-refractivity contribution in [2.45, 2.75) is 18.6 Å². The zero-order chi connectivity index (χ0) is 10.7. The van der Waals surface area contributed by atoms with E-state index >= 15 is 0 Å². The molecule has 1 aliphatic heterocycles. The number of fused-ring (bicyclic) bond motifs is 1. The highest BCUT2D eigenvalue weighted by Crippen LogP contribution is 2.41. The van der Waals surface area contributed by atoms with Gasteiger partial charge in [0.1, 0.15) is 0 Å². The number of esters is 1. The van der Waals surface area contributed by atoms with E-state index in [0.29, 0.717) is 17.8 Å². The van der Waals surface area contributed by atoms with Crippen molar-refractivity contribution < 1.29 is 9.53 Å². The van der Waals surface area contributed by atoms with Gasteiger partial charge in [-0.2, -0.15) is 11.8 Å². The van der Waals surface area contributed by atoms with Crippen molar-refractivity contribution in [3.8, 4) is 0 Å². The van der Waals surface area contributed by atoms with Crippen molar-refractivity contribution in [3.63, 3.8) is 0 Å². The Hall–Kier alpha value is -0.700. The molecule has 0 bridgehead atoms. The average Bonchev–Trinajstić information content (AvgIpc) is 2.48. The van der Waals surface area contributed by atoms with Crippen molar-refractivity contribution >= 4 is 17.7 Å². The van der Waals surface area contributed by atoms with Crippen LogP contribution < -0.4 is 0 Å². The van der Waals surface area contributed by atoms with Gasteiger partial charge in [-0.15, -0.1) is 0 Å². The Morgan fingerprint density at radius 3 is 3.20 bits per heavy atom. The maximum atomic E-state index is 11.7. The minimum atomic E-state index is -0.0128. The highest BCUT2D eigenvalue weighted by molar-refractivity contribution is 8.00. The van der Waals surface area contributed by atoms with Gasteiger partial charge in [0.2, 0.25) is 0 Å². The van der Waals surface area contributed by atoms with Gasteiger partial charge in [-0.05, 0) is 19.3 Å². The second kappa shape index (κ2) is 4.88. The van der Waals surface area contributed by atoms with Crippen LogP contribution >= 0.6 is 11.8 Å². The van der Waals surface area contributed by atoms with E-state index in [4.69, 9.17) is 4.74 Å². The molecule has 1 aliphatic carbocycles. The van der Waals surface area contributed by atoms with E-state index in [1.807, 2.05) is 18.7 Å². The van der Waals surface area contributed by atoms with Crippen molar-refractivity contribution in [3.05, 3.63) is 24.3 Å². The fourth-order valence-electron chi connectivity index (χ4n) is 2.17. The van der Waals surface area contributed by atoms with Gasteiger partial charge in [0.05, 0.1) is 12.5 Å². The smallest absolute Gasteiger partial charge is 0.310 e. The Labute approximate surface area is 94.8 Å². The first kappa shape index (κ1) is 10.8. The van der Waals surface area contributed by atoms with Gasteiger partial charge in [0, 0.05) is 11.0 Å². The summed E-state index contributed by atoms with van der Waals surface area (Å²) in [5.41, 5.74) is 0. The number of thioether (sulfide) groups is 1. The fourth-order valence-corrected chi connectivity index (χ4v) is 3.73. The third kappa shape index (κ3) is 2.28. The summed E-state index contributed by atoms with van der Waals surface area (Å²) < 4.78 is 5.12. The van der Waals surface area contributed by atoms with Crippen LogP contribution in [0.5, 0.6) is 0 Å². The zero-order valence-electron chi connectivity index (χ0n) is 8.89. The van der Waals surface area contributed by atoms with Crippen LogP contribution in [0.2, 0.25) is 0 Å². The zero-order valence-corrected chi connectivity index (χ0v) is 9.70. The summed E-state index contributed by atoms with van der Waals surface area (Å²) in [4.78, 5) is 11.7. The monoisotopic (exact) mass is 224 g/mol. The molecule has 1 heterocycles. The largest absolute Gasteiger partial charge is 0.466 e. The van der Waals surface area contributed by atoms with Crippen LogP contribution in [0.25, 0.3) is 0 Å². The van der Waals surface area contributed by atoms with E-state index in [1.165, 1.54) is 0 Å². The third-order valence-electron chi connectivity index (χ3n) is 2.95. The number of hydrogen-bond acceptors (Lipinski definition) is 3. The molecule has 2 rings (SSSR count). The van der Waals surface area contributed by atoms with Gasteiger partial charge in [-0.25, -0.2) is 0 Å². The predicted octanol–water partition coefficient (Wildman–Crippen LogP) is 2.41. The topological polar surface area (TPSA) is 26.3 Å². The molecule has 0 aromatic heterocycles. The Bertz CT molecular complexity index is 296. The van der Waals surface area contributed by atoms with Crippen LogP contribution in [0.15, 0.2) is 24.3 Å². The molecule has 3 unspecified atom stereocenters. The van der Waals surface area contributed by atoms with Gasteiger partial charge < -0.3 is 4.74 Å². The van der Waals surface area contributed by atoms with Gasteiger partial charge in [-0.1, -0.05) is 24.3 Å². The molecule has 0 spiro atoms. The van der Waals surface area contributed by atoms with Crippen molar-refractivity contribution in [1.82, 2.24) is 0 Å². The number of hydrogen-bond donors (Lipinski definition) is 0. The molecule has 0 aromatic carbocycles. The minimum Gasteiger partial charge on any atom is -0.466 e. The van der Waals surface area contributed by atoms with E-state index in [-0.39, 0.29) is 11.9 Å². The quantitative estimate of drug-likeness (QED) is 0.674. The Balaban J connectivity index is 2.06. The van der Waals surface area contributed by atoms with Crippen molar-refractivity contribution in [1.29, 1.82) is 0 Å². The summed E-state index contributed by atoms with van der Waals surface area (Å²) in [7, 11) is 0. The van der Waals surface area contributed by atoms with Crippen molar-refractivity contribution in [2.24, 2.45) is 11.8 Å². The van der Waals surface area contributed by atoms with Crippen LogP contribution in [0, 0.1) is 11.8 Å². The lowest BCUT2D eigenvalue weighted by Gasteiger charge is -2.18. The lowest BCUT2D eigenvalue weighted by molar-refractivity contribution is -0.148. The number of ether oxygens (including phenoxy) is 1. The maximum Gasteiger partial charge on any atom is 0.310 e. The number of allylic oxidation sites excluding steroid dienone is 3. The Kier molecular flexibility index (Phi) is 3.52. The summed E-state index contributed by atoms with van der Waals surface area (Å²) in [6.45, 7) is 2.35. The summed E-state index contributed by atoms with van der Waals surface area (Å²) in [6.07, 6.45) is 9.51. The van der Waals surface area contributed by atoms with Gasteiger partial charge in [0.15, 0.2) is 0 Å². The number of carbonyl (C=O) groups is 1. The van der Waals surface area contributed by atoms with Gasteiger partial charge in [0.25, 0.3) is 0 Å². The average molecular weight is 224 g/mol. The van der Waals surface area contributed by atoms with E-state index in [1.54, 1.807) is 0 Å². The predicted molar refractivity (Wildman–Crippen MR) is 62.8 cm³/mol. The molecule has 0 radical (unpaired) electrons. The van der Waals surface area contributed by atoms with Crippen molar-refractivity contribution in [2.75, 3.05) is 12.4 Å². The van der Waals surface area contributed by atoms with E-state index in [2.05, 4.69) is 24.3 Å². The number of rotatable bonds is 2. The first-order chi connectivity index (χ1) is 7.33. The molecule has 1 saturated heterocycles. The molecule has 82 valence electrons. The van der Waals surface area contributed by atoms with E-state index in [9.17, 15) is 4.79 Å². The lowest BCUT2D eigenvalue weighted by Crippen LogP contribution is -2.26. The first-order valence-corrected chi connectivity index (χ1v) is 6.49. The maximum absolute atomic E-state index is 11.7. The molecule has 0 amide bonds. The fraction of sp³-hybridized carbons (Fsp3) is 0.583. The molecule has 0 saturated carbocycles. The second-order valence-corrected chi connectivity index (χ2v) is 5.08. The van der Waals surface area contributed by atoms with Gasteiger partial charge in [-0.3, -0.25) is 4.79 Å². The third-order valence-corrected chi connectivity index (χ3v) is 4.40. The molecular weight excluding hydrogens is 208 g/mol. The van der Waals surface area contributed by atoms with Gasteiger partial charge >= 0.3 is 5.97 Å². The van der Waals surface area contributed by atoms with E-state index < -0.39 is 0 Å². The summed E-state index contributed by atoms with van der Waals surface area (Å²) >= 11 is 1.87. The highest BCUT2D eigenvalue weighted by atomic mass is 32.2. The molecule has 2 aliphatic rings. The molecule has 0 aromatic rings. The molecule has 3 heteroatoms. The Morgan fingerprint density at radius 2 is 2.40 bits per heavy atom. The van der Waals surface area contributed by atoms with Crippen LogP contribution in [0.3, 0.4) is 0 Å². The van der Waals surface area contributed by atoms with Crippen LogP contribution in [0.4, 0.5) is 0 Å². The molecular formula is C12H16O2S. The lowest BCUT2D eigenvalue weighted by atomic mass is 9.88. The number of carbonyl (C=O) groups excluding carboxylic acids is 1.